The SMILES string of the molecule is CCC1CC(C)(C)C(C)(NC)CO1. The highest BCUT2D eigenvalue weighted by Crippen LogP contribution is 2.40. The van der Waals surface area contributed by atoms with Crippen molar-refractivity contribution in [1.82, 2.24) is 5.32 Å². The van der Waals surface area contributed by atoms with Crippen molar-refractivity contribution in [2.75, 3.05) is 13.7 Å². The molecule has 1 aliphatic heterocycles. The van der Waals surface area contributed by atoms with E-state index in [1.54, 1.807) is 0 Å². The Kier molecular flexibility index (Phi) is 3.03. The highest BCUT2D eigenvalue weighted by Gasteiger charge is 2.45. The van der Waals surface area contributed by atoms with Crippen LogP contribution in [0.25, 0.3) is 0 Å². The maximum absolute atomic E-state index is 5.81. The molecule has 0 bridgehead atoms. The summed E-state index contributed by atoms with van der Waals surface area (Å²) in [6.07, 6.45) is 2.74. The molecule has 0 spiro atoms. The highest BCUT2D eigenvalue weighted by atomic mass is 16.5. The lowest BCUT2D eigenvalue weighted by atomic mass is 9.68. The van der Waals surface area contributed by atoms with Gasteiger partial charge < -0.3 is 10.1 Å². The van der Waals surface area contributed by atoms with Gasteiger partial charge >= 0.3 is 0 Å². The third kappa shape index (κ3) is 1.89. The van der Waals surface area contributed by atoms with E-state index in [2.05, 4.69) is 33.0 Å². The number of nitrogens with one attached hydrogen (secondary N) is 1. The van der Waals surface area contributed by atoms with Gasteiger partial charge in [-0.3, -0.25) is 0 Å². The van der Waals surface area contributed by atoms with E-state index in [1.807, 2.05) is 7.05 Å². The van der Waals surface area contributed by atoms with Gasteiger partial charge in [-0.15, -0.1) is 0 Å². The third-order valence-electron chi connectivity index (χ3n) is 3.85. The standard InChI is InChI=1S/C11H23NO/c1-6-9-7-10(2,3)11(4,12-5)8-13-9/h9,12H,6-8H2,1-5H3. The summed E-state index contributed by atoms with van der Waals surface area (Å²) in [5, 5.41) is 3.39. The lowest BCUT2D eigenvalue weighted by Gasteiger charge is -2.50. The second kappa shape index (κ2) is 3.58. The molecule has 2 nitrogen and oxygen atoms in total. The van der Waals surface area contributed by atoms with Crippen LogP contribution in [0.2, 0.25) is 0 Å². The number of likely N-dealkylation sites (N-methyl/N-ethyl adjacent to an activating group) is 1. The van der Waals surface area contributed by atoms with Crippen LogP contribution in [0.4, 0.5) is 0 Å². The van der Waals surface area contributed by atoms with E-state index in [0.29, 0.717) is 11.5 Å². The van der Waals surface area contributed by atoms with Gasteiger partial charge in [-0.1, -0.05) is 20.8 Å². The summed E-state index contributed by atoms with van der Waals surface area (Å²) in [4.78, 5) is 0. The second-order valence-electron chi connectivity index (χ2n) is 5.01. The van der Waals surface area contributed by atoms with Crippen molar-refractivity contribution in [3.05, 3.63) is 0 Å². The van der Waals surface area contributed by atoms with Gasteiger partial charge in [-0.25, -0.2) is 0 Å². The quantitative estimate of drug-likeness (QED) is 0.712. The van der Waals surface area contributed by atoms with Gasteiger partial charge in [0.25, 0.3) is 0 Å². The molecule has 2 atom stereocenters. The minimum absolute atomic E-state index is 0.124. The molecule has 0 aliphatic carbocycles. The Morgan fingerprint density at radius 3 is 2.38 bits per heavy atom. The summed E-state index contributed by atoms with van der Waals surface area (Å²) in [6.45, 7) is 9.93. The summed E-state index contributed by atoms with van der Waals surface area (Å²) < 4.78 is 5.81. The molecule has 0 radical (unpaired) electrons. The summed E-state index contributed by atoms with van der Waals surface area (Å²) in [7, 11) is 2.03. The van der Waals surface area contributed by atoms with E-state index in [-0.39, 0.29) is 5.54 Å². The fourth-order valence-corrected chi connectivity index (χ4v) is 2.01. The molecule has 0 aromatic carbocycles. The molecule has 1 heterocycles. The van der Waals surface area contributed by atoms with E-state index >= 15 is 0 Å². The molecular formula is C11H23NO. The predicted octanol–water partition coefficient (Wildman–Crippen LogP) is 2.19. The van der Waals surface area contributed by atoms with Crippen LogP contribution in [0.5, 0.6) is 0 Å². The lowest BCUT2D eigenvalue weighted by Crippen LogP contribution is -2.60. The molecule has 2 unspecified atom stereocenters. The molecule has 78 valence electrons. The maximum atomic E-state index is 5.81. The first-order valence-electron chi connectivity index (χ1n) is 5.26. The van der Waals surface area contributed by atoms with E-state index in [4.69, 9.17) is 4.74 Å². The summed E-state index contributed by atoms with van der Waals surface area (Å²) in [5.41, 5.74) is 0.444. The van der Waals surface area contributed by atoms with Crippen molar-refractivity contribution in [2.45, 2.75) is 52.2 Å². The van der Waals surface area contributed by atoms with E-state index in [0.717, 1.165) is 19.4 Å². The van der Waals surface area contributed by atoms with Gasteiger partial charge in [0.1, 0.15) is 0 Å². The summed E-state index contributed by atoms with van der Waals surface area (Å²) in [6, 6.07) is 0. The summed E-state index contributed by atoms with van der Waals surface area (Å²) in [5.74, 6) is 0. The van der Waals surface area contributed by atoms with Crippen molar-refractivity contribution >= 4 is 0 Å². The zero-order valence-corrected chi connectivity index (χ0v) is 9.61. The van der Waals surface area contributed by atoms with Crippen molar-refractivity contribution in [1.29, 1.82) is 0 Å². The zero-order chi connectivity index (χ0) is 10.1. The molecule has 1 fully saturated rings. The van der Waals surface area contributed by atoms with Crippen molar-refractivity contribution < 1.29 is 4.74 Å². The number of ether oxygens (including phenoxy) is 1. The Morgan fingerprint density at radius 1 is 1.38 bits per heavy atom. The molecule has 1 N–H and O–H groups in total. The fraction of sp³-hybridized carbons (Fsp3) is 1.00. The average Bonchev–Trinajstić information content (AvgIpc) is 2.09. The van der Waals surface area contributed by atoms with E-state index in [1.165, 1.54) is 0 Å². The Balaban J connectivity index is 2.73. The Hall–Kier alpha value is -0.0800. The van der Waals surface area contributed by atoms with Gasteiger partial charge in [0.05, 0.1) is 12.7 Å². The van der Waals surface area contributed by atoms with Crippen LogP contribution in [0.15, 0.2) is 0 Å². The monoisotopic (exact) mass is 185 g/mol. The van der Waals surface area contributed by atoms with E-state index < -0.39 is 0 Å². The van der Waals surface area contributed by atoms with Crippen LogP contribution in [-0.4, -0.2) is 25.3 Å². The summed E-state index contributed by atoms with van der Waals surface area (Å²) >= 11 is 0. The molecule has 0 aromatic heterocycles. The Bertz CT molecular complexity index is 179. The van der Waals surface area contributed by atoms with Crippen molar-refractivity contribution in [3.63, 3.8) is 0 Å². The first-order chi connectivity index (χ1) is 5.95. The first-order valence-corrected chi connectivity index (χ1v) is 5.26. The normalized spacial score (nSPS) is 39.0. The molecule has 1 saturated heterocycles. The van der Waals surface area contributed by atoms with Gasteiger partial charge in [0.2, 0.25) is 0 Å². The number of hydrogen-bond acceptors (Lipinski definition) is 2. The number of hydrogen-bond donors (Lipinski definition) is 1. The van der Waals surface area contributed by atoms with Crippen molar-refractivity contribution in [2.24, 2.45) is 5.41 Å². The van der Waals surface area contributed by atoms with Gasteiger partial charge in [0, 0.05) is 5.54 Å². The van der Waals surface area contributed by atoms with Crippen LogP contribution in [0.1, 0.15) is 40.5 Å². The van der Waals surface area contributed by atoms with Crippen LogP contribution in [0, 0.1) is 5.41 Å². The van der Waals surface area contributed by atoms with Crippen LogP contribution in [-0.2, 0) is 4.74 Å². The van der Waals surface area contributed by atoms with Gasteiger partial charge in [0.15, 0.2) is 0 Å². The smallest absolute Gasteiger partial charge is 0.0654 e. The number of rotatable bonds is 2. The van der Waals surface area contributed by atoms with Gasteiger partial charge in [-0.05, 0) is 32.2 Å². The topological polar surface area (TPSA) is 21.3 Å². The predicted molar refractivity (Wildman–Crippen MR) is 55.9 cm³/mol. The third-order valence-corrected chi connectivity index (χ3v) is 3.85. The second-order valence-corrected chi connectivity index (χ2v) is 5.01. The molecule has 1 rings (SSSR count). The molecular weight excluding hydrogens is 162 g/mol. The first kappa shape index (κ1) is 11.0. The van der Waals surface area contributed by atoms with Gasteiger partial charge in [-0.2, -0.15) is 0 Å². The van der Waals surface area contributed by atoms with E-state index in [9.17, 15) is 0 Å². The molecule has 0 saturated carbocycles. The minimum Gasteiger partial charge on any atom is -0.376 e. The largest absolute Gasteiger partial charge is 0.376 e. The van der Waals surface area contributed by atoms with Crippen LogP contribution in [0.3, 0.4) is 0 Å². The molecule has 1 aliphatic rings. The Labute approximate surface area is 82.0 Å². The highest BCUT2D eigenvalue weighted by molar-refractivity contribution is 5.00. The van der Waals surface area contributed by atoms with Crippen LogP contribution >= 0.6 is 0 Å². The van der Waals surface area contributed by atoms with Crippen LogP contribution < -0.4 is 5.32 Å². The minimum atomic E-state index is 0.124. The molecule has 0 aromatic rings. The fourth-order valence-electron chi connectivity index (χ4n) is 2.01. The molecule has 2 heteroatoms. The lowest BCUT2D eigenvalue weighted by molar-refractivity contribution is -0.0989. The maximum Gasteiger partial charge on any atom is 0.0654 e. The molecule has 0 amide bonds. The average molecular weight is 185 g/mol. The Morgan fingerprint density at radius 2 is 2.00 bits per heavy atom. The molecule has 13 heavy (non-hydrogen) atoms. The zero-order valence-electron chi connectivity index (χ0n) is 9.61. The van der Waals surface area contributed by atoms with Crippen molar-refractivity contribution in [3.8, 4) is 0 Å².